The van der Waals surface area contributed by atoms with Crippen LogP contribution in [-0.4, -0.2) is 5.91 Å². The number of nitrogens with one attached hydrogen (secondary N) is 1. The summed E-state index contributed by atoms with van der Waals surface area (Å²) in [6.45, 7) is 1.47. The van der Waals surface area contributed by atoms with Crippen molar-refractivity contribution in [3.8, 4) is 0 Å². The van der Waals surface area contributed by atoms with Gasteiger partial charge in [0.25, 0.3) is 5.91 Å². The number of carbonyl (C=O) groups is 1. The molecule has 0 aliphatic rings. The smallest absolute Gasteiger partial charge is 0.254 e. The molecule has 0 aliphatic heterocycles. The highest BCUT2D eigenvalue weighted by molar-refractivity contribution is 5.94. The van der Waals surface area contributed by atoms with Gasteiger partial charge in [0.1, 0.15) is 23.3 Å². The number of amides is 1. The molecular weight excluding hydrogens is 286 g/mol. The van der Waals surface area contributed by atoms with Crippen LogP contribution in [0.3, 0.4) is 0 Å². The van der Waals surface area contributed by atoms with Crippen molar-refractivity contribution >= 4 is 5.91 Å². The van der Waals surface area contributed by atoms with Crippen LogP contribution in [0.2, 0.25) is 0 Å². The summed E-state index contributed by atoms with van der Waals surface area (Å²) in [4.78, 5) is 11.9. The third-order valence-corrected chi connectivity index (χ3v) is 2.95. The largest absolute Gasteiger partial charge is 0.345 e. The standard InChI is InChI=1S/C15H11F4NO/c1-8(11-4-2-9(16)6-13(11)18)20-15(21)12-5-3-10(17)7-14(12)19/h2-8H,1H3,(H,20,21)/t8-/m1/s1. The van der Waals surface area contributed by atoms with Crippen LogP contribution in [-0.2, 0) is 0 Å². The molecule has 0 saturated carbocycles. The van der Waals surface area contributed by atoms with Gasteiger partial charge < -0.3 is 5.32 Å². The third kappa shape index (κ3) is 3.39. The van der Waals surface area contributed by atoms with Crippen molar-refractivity contribution in [3.63, 3.8) is 0 Å². The number of rotatable bonds is 3. The summed E-state index contributed by atoms with van der Waals surface area (Å²) in [7, 11) is 0. The summed E-state index contributed by atoms with van der Waals surface area (Å²) < 4.78 is 52.6. The van der Waals surface area contributed by atoms with Crippen LogP contribution in [0.25, 0.3) is 0 Å². The molecule has 2 rings (SSSR count). The molecule has 0 spiro atoms. The second-order valence-corrected chi connectivity index (χ2v) is 4.49. The Labute approximate surface area is 118 Å². The number of carbonyl (C=O) groups excluding carboxylic acids is 1. The van der Waals surface area contributed by atoms with Gasteiger partial charge in [0.15, 0.2) is 0 Å². The van der Waals surface area contributed by atoms with Gasteiger partial charge in [0.2, 0.25) is 0 Å². The average molecular weight is 297 g/mol. The molecule has 2 nitrogen and oxygen atoms in total. The van der Waals surface area contributed by atoms with Crippen molar-refractivity contribution < 1.29 is 22.4 Å². The molecule has 0 bridgehead atoms. The summed E-state index contributed by atoms with van der Waals surface area (Å²) in [6.07, 6.45) is 0. The lowest BCUT2D eigenvalue weighted by Gasteiger charge is -2.15. The Balaban J connectivity index is 2.18. The van der Waals surface area contributed by atoms with E-state index in [0.717, 1.165) is 18.2 Å². The third-order valence-electron chi connectivity index (χ3n) is 2.95. The zero-order valence-electron chi connectivity index (χ0n) is 11.0. The first kappa shape index (κ1) is 15.0. The van der Waals surface area contributed by atoms with Crippen LogP contribution in [0.4, 0.5) is 17.6 Å². The number of halogens is 4. The minimum absolute atomic E-state index is 0.0623. The first-order valence-electron chi connectivity index (χ1n) is 6.09. The fourth-order valence-corrected chi connectivity index (χ4v) is 1.88. The van der Waals surface area contributed by atoms with Crippen LogP contribution in [0.5, 0.6) is 0 Å². The number of hydrogen-bond donors (Lipinski definition) is 1. The van der Waals surface area contributed by atoms with E-state index in [1.54, 1.807) is 0 Å². The predicted molar refractivity (Wildman–Crippen MR) is 68.6 cm³/mol. The van der Waals surface area contributed by atoms with Gasteiger partial charge in [-0.05, 0) is 25.1 Å². The molecule has 0 saturated heterocycles. The quantitative estimate of drug-likeness (QED) is 0.859. The van der Waals surface area contributed by atoms with Crippen LogP contribution in [0.15, 0.2) is 36.4 Å². The maximum absolute atomic E-state index is 13.6. The molecule has 110 valence electrons. The van der Waals surface area contributed by atoms with Crippen molar-refractivity contribution in [2.75, 3.05) is 0 Å². The first-order chi connectivity index (χ1) is 9.88. The molecule has 0 unspecified atom stereocenters. The summed E-state index contributed by atoms with van der Waals surface area (Å²) >= 11 is 0. The fourth-order valence-electron chi connectivity index (χ4n) is 1.88. The van der Waals surface area contributed by atoms with Gasteiger partial charge in [0.05, 0.1) is 11.6 Å². The van der Waals surface area contributed by atoms with E-state index < -0.39 is 35.2 Å². The van der Waals surface area contributed by atoms with Gasteiger partial charge in [-0.15, -0.1) is 0 Å². The molecule has 0 fully saturated rings. The summed E-state index contributed by atoms with van der Waals surface area (Å²) in [5.41, 5.74) is -0.293. The van der Waals surface area contributed by atoms with Crippen molar-refractivity contribution in [3.05, 3.63) is 70.8 Å². The molecule has 0 aliphatic carbocycles. The minimum atomic E-state index is -1.01. The first-order valence-corrected chi connectivity index (χ1v) is 6.09. The molecule has 1 atom stereocenters. The Morgan fingerprint density at radius 3 is 2.10 bits per heavy atom. The Kier molecular flexibility index (Phi) is 4.26. The average Bonchev–Trinajstić information content (AvgIpc) is 2.37. The van der Waals surface area contributed by atoms with E-state index in [1.807, 2.05) is 0 Å². The normalized spacial score (nSPS) is 12.0. The summed E-state index contributed by atoms with van der Waals surface area (Å²) in [6, 6.07) is 4.65. The Bertz CT molecular complexity index is 687. The van der Waals surface area contributed by atoms with Gasteiger partial charge in [-0.25, -0.2) is 17.6 Å². The predicted octanol–water partition coefficient (Wildman–Crippen LogP) is 3.73. The van der Waals surface area contributed by atoms with E-state index >= 15 is 0 Å². The molecular formula is C15H11F4NO. The van der Waals surface area contributed by atoms with E-state index in [-0.39, 0.29) is 11.1 Å². The highest BCUT2D eigenvalue weighted by Gasteiger charge is 2.18. The molecule has 0 heterocycles. The van der Waals surface area contributed by atoms with Gasteiger partial charge >= 0.3 is 0 Å². The van der Waals surface area contributed by atoms with Crippen molar-refractivity contribution in [2.45, 2.75) is 13.0 Å². The fraction of sp³-hybridized carbons (Fsp3) is 0.133. The van der Waals surface area contributed by atoms with Gasteiger partial charge in [-0.2, -0.15) is 0 Å². The Hall–Kier alpha value is -2.37. The van der Waals surface area contributed by atoms with Crippen LogP contribution in [0, 0.1) is 23.3 Å². The second kappa shape index (κ2) is 5.95. The molecule has 2 aromatic carbocycles. The van der Waals surface area contributed by atoms with E-state index in [4.69, 9.17) is 0 Å². The highest BCUT2D eigenvalue weighted by Crippen LogP contribution is 2.19. The highest BCUT2D eigenvalue weighted by atomic mass is 19.1. The molecule has 21 heavy (non-hydrogen) atoms. The van der Waals surface area contributed by atoms with Crippen molar-refractivity contribution in [1.82, 2.24) is 5.32 Å². The lowest BCUT2D eigenvalue weighted by atomic mass is 10.1. The van der Waals surface area contributed by atoms with Crippen molar-refractivity contribution in [2.24, 2.45) is 0 Å². The summed E-state index contributed by atoms with van der Waals surface area (Å²) in [5, 5.41) is 2.37. The van der Waals surface area contributed by atoms with E-state index in [0.29, 0.717) is 12.1 Å². The lowest BCUT2D eigenvalue weighted by Crippen LogP contribution is -2.28. The molecule has 0 aromatic heterocycles. The molecule has 2 aromatic rings. The monoisotopic (exact) mass is 297 g/mol. The molecule has 1 amide bonds. The van der Waals surface area contributed by atoms with E-state index in [1.165, 1.54) is 13.0 Å². The van der Waals surface area contributed by atoms with Gasteiger partial charge in [0, 0.05) is 17.7 Å². The van der Waals surface area contributed by atoms with E-state index in [2.05, 4.69) is 5.32 Å². The maximum Gasteiger partial charge on any atom is 0.254 e. The topological polar surface area (TPSA) is 29.1 Å². The van der Waals surface area contributed by atoms with Gasteiger partial charge in [-0.3, -0.25) is 4.79 Å². The van der Waals surface area contributed by atoms with Crippen molar-refractivity contribution in [1.29, 1.82) is 0 Å². The summed E-state index contributed by atoms with van der Waals surface area (Å²) in [5.74, 6) is -4.19. The zero-order chi connectivity index (χ0) is 15.6. The Morgan fingerprint density at radius 1 is 0.952 bits per heavy atom. The number of hydrogen-bond acceptors (Lipinski definition) is 1. The van der Waals surface area contributed by atoms with E-state index in [9.17, 15) is 22.4 Å². The van der Waals surface area contributed by atoms with Gasteiger partial charge in [-0.1, -0.05) is 6.07 Å². The number of benzene rings is 2. The van der Waals surface area contributed by atoms with Crippen LogP contribution in [0.1, 0.15) is 28.9 Å². The molecule has 0 radical (unpaired) electrons. The lowest BCUT2D eigenvalue weighted by molar-refractivity contribution is 0.0935. The van der Waals surface area contributed by atoms with Crippen LogP contribution < -0.4 is 5.32 Å². The SMILES string of the molecule is C[C@@H](NC(=O)c1ccc(F)cc1F)c1ccc(F)cc1F. The molecule has 1 N–H and O–H groups in total. The zero-order valence-corrected chi connectivity index (χ0v) is 11.0. The maximum atomic E-state index is 13.6. The Morgan fingerprint density at radius 2 is 1.52 bits per heavy atom. The molecule has 6 heteroatoms. The minimum Gasteiger partial charge on any atom is -0.345 e. The van der Waals surface area contributed by atoms with Crippen LogP contribution >= 0.6 is 0 Å². The second-order valence-electron chi connectivity index (χ2n) is 4.49.